The second-order valence-electron chi connectivity index (χ2n) is 6.83. The highest BCUT2D eigenvalue weighted by Crippen LogP contribution is 2.22. The Bertz CT molecular complexity index is 1090. The highest BCUT2D eigenvalue weighted by molar-refractivity contribution is 7.91. The Kier molecular flexibility index (Phi) is 8.60. The molecule has 2 aromatic rings. The first-order valence-corrected chi connectivity index (χ1v) is 12.9. The van der Waals surface area contributed by atoms with Crippen LogP contribution in [0.4, 0.5) is 0 Å². The molecule has 0 aromatic heterocycles. The topological polar surface area (TPSA) is 107 Å². The molecule has 0 unspecified atom stereocenters. The number of sulfonamides is 1. The second kappa shape index (κ2) is 10.7. The Labute approximate surface area is 183 Å². The van der Waals surface area contributed by atoms with Gasteiger partial charge < -0.3 is 9.47 Å². The van der Waals surface area contributed by atoms with Crippen LogP contribution < -0.4 is 4.74 Å². The Balaban J connectivity index is 2.21. The summed E-state index contributed by atoms with van der Waals surface area (Å²) in [7, 11) is -5.96. The van der Waals surface area contributed by atoms with Crippen molar-refractivity contribution in [2.45, 2.75) is 25.3 Å². The van der Waals surface area contributed by atoms with Crippen molar-refractivity contribution in [1.82, 2.24) is 4.31 Å². The van der Waals surface area contributed by atoms with Crippen LogP contribution in [-0.4, -0.2) is 58.9 Å². The molecule has 0 aliphatic rings. The lowest BCUT2D eigenvalue weighted by molar-refractivity contribution is -0.140. The van der Waals surface area contributed by atoms with Gasteiger partial charge >= 0.3 is 5.97 Å². The van der Waals surface area contributed by atoms with E-state index in [4.69, 9.17) is 4.74 Å². The summed E-state index contributed by atoms with van der Waals surface area (Å²) >= 11 is 0. The van der Waals surface area contributed by atoms with Gasteiger partial charge in [-0.05, 0) is 42.3 Å². The molecule has 0 fully saturated rings. The number of benzene rings is 2. The number of ether oxygens (including phenoxy) is 2. The monoisotopic (exact) mass is 469 g/mol. The highest BCUT2D eigenvalue weighted by Gasteiger charge is 2.27. The van der Waals surface area contributed by atoms with Gasteiger partial charge in [0.1, 0.15) is 18.9 Å². The van der Waals surface area contributed by atoms with E-state index in [9.17, 15) is 21.6 Å². The zero-order valence-electron chi connectivity index (χ0n) is 17.8. The number of sulfone groups is 1. The van der Waals surface area contributed by atoms with Gasteiger partial charge in [0.05, 0.1) is 17.8 Å². The molecule has 0 saturated carbocycles. The predicted octanol–water partition coefficient (Wildman–Crippen LogP) is 2.17. The Morgan fingerprint density at radius 2 is 1.65 bits per heavy atom. The van der Waals surface area contributed by atoms with E-state index >= 15 is 0 Å². The van der Waals surface area contributed by atoms with Crippen molar-refractivity contribution < 1.29 is 31.1 Å². The standard InChI is InChI=1S/C21H27NO7S2/c1-4-30(24,25)14-13-29-19-9-11-20(12-10-19)31(26,27)22(16-21(23)28-3)15-18-8-6-5-7-17(18)2/h5-12H,4,13-16H2,1-3H3. The lowest BCUT2D eigenvalue weighted by atomic mass is 10.1. The fourth-order valence-electron chi connectivity index (χ4n) is 2.70. The van der Waals surface area contributed by atoms with Crippen LogP contribution in [-0.2, 0) is 35.9 Å². The molecule has 0 N–H and O–H groups in total. The maximum Gasteiger partial charge on any atom is 0.321 e. The van der Waals surface area contributed by atoms with Crippen molar-refractivity contribution in [3.63, 3.8) is 0 Å². The van der Waals surface area contributed by atoms with Crippen molar-refractivity contribution in [2.75, 3.05) is 31.8 Å². The summed E-state index contributed by atoms with van der Waals surface area (Å²) in [6, 6.07) is 12.9. The highest BCUT2D eigenvalue weighted by atomic mass is 32.2. The quantitative estimate of drug-likeness (QED) is 0.464. The molecule has 0 aliphatic carbocycles. The van der Waals surface area contributed by atoms with Crippen molar-refractivity contribution in [2.24, 2.45) is 0 Å². The first-order chi connectivity index (χ1) is 14.6. The number of carbonyl (C=O) groups excluding carboxylic acids is 1. The first kappa shape index (κ1) is 24.8. The van der Waals surface area contributed by atoms with Gasteiger partial charge in [0.2, 0.25) is 10.0 Å². The third-order valence-electron chi connectivity index (χ3n) is 4.71. The second-order valence-corrected chi connectivity index (χ2v) is 11.2. The third kappa shape index (κ3) is 7.05. The number of methoxy groups -OCH3 is 1. The molecule has 0 saturated heterocycles. The number of aryl methyl sites for hydroxylation is 1. The molecule has 170 valence electrons. The van der Waals surface area contributed by atoms with Crippen LogP contribution in [0.5, 0.6) is 5.75 Å². The number of hydrogen-bond donors (Lipinski definition) is 0. The van der Waals surface area contributed by atoms with Crippen LogP contribution in [0, 0.1) is 6.92 Å². The van der Waals surface area contributed by atoms with Gasteiger partial charge in [-0.1, -0.05) is 31.2 Å². The van der Waals surface area contributed by atoms with E-state index in [0.29, 0.717) is 5.75 Å². The van der Waals surface area contributed by atoms with Gasteiger partial charge in [-0.2, -0.15) is 4.31 Å². The maximum absolute atomic E-state index is 13.2. The summed E-state index contributed by atoms with van der Waals surface area (Å²) in [5, 5.41) is 0. The number of esters is 1. The van der Waals surface area contributed by atoms with E-state index in [1.165, 1.54) is 31.4 Å². The average molecular weight is 470 g/mol. The number of nitrogens with zero attached hydrogens (tertiary/aromatic N) is 1. The Morgan fingerprint density at radius 1 is 1.00 bits per heavy atom. The largest absolute Gasteiger partial charge is 0.493 e. The average Bonchev–Trinajstić information content (AvgIpc) is 2.74. The van der Waals surface area contributed by atoms with Crippen LogP contribution in [0.15, 0.2) is 53.4 Å². The van der Waals surface area contributed by atoms with Crippen LogP contribution in [0.2, 0.25) is 0 Å². The molecule has 2 rings (SSSR count). The molecule has 0 heterocycles. The molecule has 8 nitrogen and oxygen atoms in total. The molecule has 2 aromatic carbocycles. The number of hydrogen-bond acceptors (Lipinski definition) is 7. The molecule has 31 heavy (non-hydrogen) atoms. The number of carbonyl (C=O) groups is 1. The van der Waals surface area contributed by atoms with Crippen molar-refractivity contribution in [3.8, 4) is 5.75 Å². The lowest BCUT2D eigenvalue weighted by Crippen LogP contribution is -2.36. The molecular formula is C21H27NO7S2. The van der Waals surface area contributed by atoms with Gasteiger partial charge in [0.15, 0.2) is 9.84 Å². The zero-order valence-corrected chi connectivity index (χ0v) is 19.4. The third-order valence-corrected chi connectivity index (χ3v) is 8.18. The van der Waals surface area contributed by atoms with Gasteiger partial charge in [-0.15, -0.1) is 0 Å². The summed E-state index contributed by atoms with van der Waals surface area (Å²) < 4.78 is 60.6. The smallest absolute Gasteiger partial charge is 0.321 e. The summed E-state index contributed by atoms with van der Waals surface area (Å²) in [4.78, 5) is 11.8. The molecule has 0 aliphatic heterocycles. The summed E-state index contributed by atoms with van der Waals surface area (Å²) in [6.45, 7) is 2.98. The molecule has 0 atom stereocenters. The van der Waals surface area contributed by atoms with E-state index in [1.807, 2.05) is 19.1 Å². The van der Waals surface area contributed by atoms with Crippen LogP contribution in [0.1, 0.15) is 18.1 Å². The van der Waals surface area contributed by atoms with Crippen LogP contribution in [0.25, 0.3) is 0 Å². The molecule has 10 heteroatoms. The Hall–Kier alpha value is -2.43. The van der Waals surface area contributed by atoms with Crippen molar-refractivity contribution >= 4 is 25.8 Å². The number of rotatable bonds is 11. The fraction of sp³-hybridized carbons (Fsp3) is 0.381. The normalized spacial score (nSPS) is 12.0. The van der Waals surface area contributed by atoms with Crippen LogP contribution >= 0.6 is 0 Å². The van der Waals surface area contributed by atoms with Gasteiger partial charge in [-0.25, -0.2) is 16.8 Å². The minimum atomic E-state index is -4.00. The molecule has 0 amide bonds. The predicted molar refractivity (Wildman–Crippen MR) is 117 cm³/mol. The Morgan fingerprint density at radius 3 is 2.23 bits per heavy atom. The summed E-state index contributed by atoms with van der Waals surface area (Å²) in [6.07, 6.45) is 0. The molecule has 0 bridgehead atoms. The van der Waals surface area contributed by atoms with E-state index in [1.54, 1.807) is 19.1 Å². The minimum absolute atomic E-state index is 0.0111. The van der Waals surface area contributed by atoms with E-state index < -0.39 is 32.4 Å². The van der Waals surface area contributed by atoms with Crippen molar-refractivity contribution in [1.29, 1.82) is 0 Å². The SMILES string of the molecule is CCS(=O)(=O)CCOc1ccc(S(=O)(=O)N(CC(=O)OC)Cc2ccccc2C)cc1. The lowest BCUT2D eigenvalue weighted by Gasteiger charge is -2.22. The van der Waals surface area contributed by atoms with Gasteiger partial charge in [0, 0.05) is 12.3 Å². The molecule has 0 spiro atoms. The fourth-order valence-corrected chi connectivity index (χ4v) is 4.69. The first-order valence-electron chi connectivity index (χ1n) is 9.64. The molecule has 0 radical (unpaired) electrons. The van der Waals surface area contributed by atoms with Crippen LogP contribution in [0.3, 0.4) is 0 Å². The maximum atomic E-state index is 13.2. The van der Waals surface area contributed by atoms with Gasteiger partial charge in [-0.3, -0.25) is 4.79 Å². The minimum Gasteiger partial charge on any atom is -0.493 e. The van der Waals surface area contributed by atoms with Crippen molar-refractivity contribution in [3.05, 3.63) is 59.7 Å². The zero-order chi connectivity index (χ0) is 23.1. The summed E-state index contributed by atoms with van der Waals surface area (Å²) in [5.74, 6) is -0.407. The van der Waals surface area contributed by atoms with Gasteiger partial charge in [0.25, 0.3) is 0 Å². The van der Waals surface area contributed by atoms with E-state index in [-0.39, 0.29) is 29.6 Å². The van der Waals surface area contributed by atoms with E-state index in [2.05, 4.69) is 4.74 Å². The summed E-state index contributed by atoms with van der Waals surface area (Å²) in [5.41, 5.74) is 1.67. The van der Waals surface area contributed by atoms with E-state index in [0.717, 1.165) is 15.4 Å². The molecular weight excluding hydrogens is 442 g/mol.